The molecule has 18 nitrogen and oxygen atoms in total. The van der Waals surface area contributed by atoms with E-state index in [0.717, 1.165) is 6.33 Å². The van der Waals surface area contributed by atoms with E-state index >= 15 is 4.39 Å². The number of hydrogen-bond donors (Lipinski definition) is 4. The maximum absolute atomic E-state index is 16.0. The highest BCUT2D eigenvalue weighted by molar-refractivity contribution is 8.07. The molecule has 3 fully saturated rings. The van der Waals surface area contributed by atoms with Gasteiger partial charge >= 0.3 is 14.5 Å². The van der Waals surface area contributed by atoms with E-state index in [1.165, 1.54) is 23.6 Å². The van der Waals surface area contributed by atoms with Gasteiger partial charge in [-0.2, -0.15) is 0 Å². The fourth-order valence-corrected chi connectivity index (χ4v) is 8.32. The molecule has 22 heteroatoms. The molecule has 2 unspecified atom stereocenters. The lowest BCUT2D eigenvalue weighted by molar-refractivity contribution is -0.0611. The standard InChI is InChI=1S/C22H26FN9O9P2S/c1-9-14-20(29-6-30(9)2)31(7-27-14)10-3-11-16(33)17(10)41-43(36,44)37-4-12-18(40-42(34,35)39-11)13(23)22(38-12)32-8-28-15-19(24)25-5-26-21(15)32/h5-8,10-13,16-18,22,33H,1,3-4H2,2H3,(H,34,35)(H,36,44)(H2,24,25,26)/t10-,11+,12-,13-,16-,17+,18-,22-,43?/m1/s1. The van der Waals surface area contributed by atoms with Gasteiger partial charge < -0.3 is 43.9 Å². The number of halogens is 1. The van der Waals surface area contributed by atoms with Gasteiger partial charge in [0.2, 0.25) is 0 Å². The molecule has 3 aromatic heterocycles. The predicted octanol–water partition coefficient (Wildman–Crippen LogP) is 0.925. The maximum Gasteiger partial charge on any atom is 0.473 e. The van der Waals surface area contributed by atoms with Crippen molar-refractivity contribution >= 4 is 61.2 Å². The summed E-state index contributed by atoms with van der Waals surface area (Å²) in [6, 6.07) is -0.851. The molecule has 2 saturated heterocycles. The SMILES string of the molecule is C=C1c2ncn([C@@H]3C[C@@H]4OP(=O)(O)O[C@H]5[C@@H](F)[C@H](n6cnc7c(N)ncnc76)O[C@@H]5COP(O)(=S)O[C@@H]3[C@@H]4O)c2N=CN1C. The second-order valence-corrected chi connectivity index (χ2v) is 14.7. The first-order chi connectivity index (χ1) is 20.8. The molecule has 0 amide bonds. The number of aliphatic hydroxyl groups is 1. The fraction of sp³-hybridized carbons (Fsp3) is 0.500. The number of nitrogens with zero attached hydrogens (tertiary/aromatic N) is 8. The number of anilines is 1. The van der Waals surface area contributed by atoms with Crippen LogP contribution in [-0.4, -0.2) is 106 Å². The van der Waals surface area contributed by atoms with Crippen molar-refractivity contribution in [3.63, 3.8) is 0 Å². The van der Waals surface area contributed by atoms with Crippen LogP contribution in [0.15, 0.2) is 30.6 Å². The zero-order chi connectivity index (χ0) is 31.1. The van der Waals surface area contributed by atoms with Gasteiger partial charge in [-0.3, -0.25) is 13.6 Å². The zero-order valence-electron chi connectivity index (χ0n) is 22.7. The molecule has 0 spiro atoms. The van der Waals surface area contributed by atoms with E-state index in [1.807, 2.05) is 0 Å². The molecule has 10 atom stereocenters. The Morgan fingerprint density at radius 3 is 2.68 bits per heavy atom. The minimum Gasteiger partial charge on any atom is -0.388 e. The Hall–Kier alpha value is -2.74. The van der Waals surface area contributed by atoms with Gasteiger partial charge in [-0.05, 0) is 11.8 Å². The molecule has 5 N–H and O–H groups in total. The van der Waals surface area contributed by atoms with Gasteiger partial charge in [-0.1, -0.05) is 6.58 Å². The van der Waals surface area contributed by atoms with Crippen molar-refractivity contribution in [2.24, 2.45) is 4.99 Å². The Morgan fingerprint density at radius 1 is 1.11 bits per heavy atom. The average Bonchev–Trinajstić information content (AvgIpc) is 3.72. The lowest BCUT2D eigenvalue weighted by atomic mass is 10.1. The van der Waals surface area contributed by atoms with Gasteiger partial charge in [0.25, 0.3) is 0 Å². The molecule has 6 heterocycles. The molecule has 4 aliphatic rings. The van der Waals surface area contributed by atoms with Gasteiger partial charge in [0.05, 0.1) is 37.3 Å². The van der Waals surface area contributed by atoms with Crippen molar-refractivity contribution in [1.82, 2.24) is 34.0 Å². The molecule has 1 saturated carbocycles. The van der Waals surface area contributed by atoms with Crippen molar-refractivity contribution < 1.29 is 46.7 Å². The monoisotopic (exact) mass is 673 g/mol. The number of hydrogen-bond acceptors (Lipinski definition) is 15. The highest BCUT2D eigenvalue weighted by atomic mass is 32.5. The lowest BCUT2D eigenvalue weighted by Gasteiger charge is -2.30. The highest BCUT2D eigenvalue weighted by Gasteiger charge is 2.55. The minimum absolute atomic E-state index is 0.0480. The molecule has 3 aromatic rings. The van der Waals surface area contributed by atoms with Crippen molar-refractivity contribution in [3.05, 3.63) is 31.3 Å². The number of alkyl halides is 1. The number of ether oxygens (including phenoxy) is 1. The number of aromatic nitrogens is 6. The summed E-state index contributed by atoms with van der Waals surface area (Å²) < 4.78 is 60.0. The van der Waals surface area contributed by atoms with Crippen molar-refractivity contribution in [2.45, 2.75) is 55.4 Å². The summed E-state index contributed by atoms with van der Waals surface area (Å²) in [6.45, 7) is -0.796. The first kappa shape index (κ1) is 29.9. The van der Waals surface area contributed by atoms with Crippen LogP contribution in [0.1, 0.15) is 24.4 Å². The van der Waals surface area contributed by atoms with Crippen LogP contribution in [0.2, 0.25) is 0 Å². The van der Waals surface area contributed by atoms with E-state index in [9.17, 15) is 19.5 Å². The van der Waals surface area contributed by atoms with Crippen LogP contribution in [0.3, 0.4) is 0 Å². The van der Waals surface area contributed by atoms with Crippen LogP contribution in [0, 0.1) is 0 Å². The number of phosphoric acid groups is 1. The van der Waals surface area contributed by atoms with E-state index in [4.69, 9.17) is 40.4 Å². The summed E-state index contributed by atoms with van der Waals surface area (Å²) in [5, 5.41) is 11.2. The Bertz CT molecular complexity index is 1780. The van der Waals surface area contributed by atoms with Crippen LogP contribution in [0.4, 0.5) is 16.0 Å². The summed E-state index contributed by atoms with van der Waals surface area (Å²) in [4.78, 5) is 44.3. The third-order valence-electron chi connectivity index (χ3n) is 7.86. The molecular weight excluding hydrogens is 647 g/mol. The van der Waals surface area contributed by atoms with E-state index in [1.54, 1.807) is 16.5 Å². The van der Waals surface area contributed by atoms with E-state index < -0.39 is 70.1 Å². The highest BCUT2D eigenvalue weighted by Crippen LogP contribution is 2.57. The Kier molecular flexibility index (Phi) is 7.26. The number of imidazole rings is 2. The molecule has 236 valence electrons. The number of phosphoric ester groups is 1. The third-order valence-corrected chi connectivity index (χ3v) is 10.5. The quantitative estimate of drug-likeness (QED) is 0.277. The molecule has 3 aliphatic heterocycles. The van der Waals surface area contributed by atoms with Gasteiger partial charge in [-0.15, -0.1) is 0 Å². The molecule has 0 radical (unpaired) electrons. The maximum atomic E-state index is 16.0. The zero-order valence-corrected chi connectivity index (χ0v) is 25.3. The minimum atomic E-state index is -5.08. The summed E-state index contributed by atoms with van der Waals surface area (Å²) in [6.07, 6.45) is -5.82. The summed E-state index contributed by atoms with van der Waals surface area (Å²) in [7, 11) is -3.34. The third kappa shape index (κ3) is 5.00. The summed E-state index contributed by atoms with van der Waals surface area (Å²) in [5.41, 5.74) is 7.16. The normalized spacial score (nSPS) is 39.2. The number of nitrogen functional groups attached to an aromatic ring is 1. The van der Waals surface area contributed by atoms with Crippen molar-refractivity contribution in [3.8, 4) is 0 Å². The number of fused-ring (bicyclic) bond motifs is 5. The average molecular weight is 674 g/mol. The summed E-state index contributed by atoms with van der Waals surface area (Å²) in [5.74, 6) is 0.416. The molecule has 0 aromatic carbocycles. The predicted molar refractivity (Wildman–Crippen MR) is 152 cm³/mol. The van der Waals surface area contributed by atoms with Gasteiger partial charge in [-0.25, -0.2) is 33.9 Å². The molecule has 1 aliphatic carbocycles. The Balaban J connectivity index is 1.20. The molecule has 7 rings (SSSR count). The van der Waals surface area contributed by atoms with Crippen LogP contribution in [0.25, 0.3) is 16.9 Å². The first-order valence-corrected chi connectivity index (χ1v) is 17.2. The van der Waals surface area contributed by atoms with Crippen molar-refractivity contribution in [2.75, 3.05) is 19.4 Å². The summed E-state index contributed by atoms with van der Waals surface area (Å²) >= 11 is 5.25. The second kappa shape index (κ2) is 10.7. The lowest BCUT2D eigenvalue weighted by Crippen LogP contribution is -2.37. The van der Waals surface area contributed by atoms with Gasteiger partial charge in [0, 0.05) is 13.5 Å². The molecular formula is C22H26FN9O9P2S. The van der Waals surface area contributed by atoms with Gasteiger partial charge in [0.1, 0.15) is 48.1 Å². The van der Waals surface area contributed by atoms with E-state index in [2.05, 4.69) is 31.5 Å². The number of aliphatic hydroxyl groups excluding tert-OH is 1. The van der Waals surface area contributed by atoms with E-state index in [-0.39, 0.29) is 23.4 Å². The Morgan fingerprint density at radius 2 is 1.89 bits per heavy atom. The number of nitrogens with two attached hydrogens (primary N) is 1. The second-order valence-electron chi connectivity index (χ2n) is 10.5. The van der Waals surface area contributed by atoms with Crippen LogP contribution in [-0.2, 0) is 39.2 Å². The number of aliphatic imine (C=N–C) groups is 1. The first-order valence-electron chi connectivity index (χ1n) is 13.1. The Labute approximate surface area is 252 Å². The molecule has 44 heavy (non-hydrogen) atoms. The van der Waals surface area contributed by atoms with Crippen molar-refractivity contribution in [1.29, 1.82) is 0 Å². The van der Waals surface area contributed by atoms with Gasteiger partial charge in [0.15, 0.2) is 29.7 Å². The topological polar surface area (TPSA) is 227 Å². The van der Waals surface area contributed by atoms with Crippen LogP contribution >= 0.6 is 14.5 Å². The molecule has 2 bridgehead atoms. The fourth-order valence-electron chi connectivity index (χ4n) is 5.70. The smallest absolute Gasteiger partial charge is 0.388 e. The largest absolute Gasteiger partial charge is 0.473 e. The van der Waals surface area contributed by atoms with Crippen LogP contribution < -0.4 is 5.73 Å². The van der Waals surface area contributed by atoms with E-state index in [0.29, 0.717) is 17.2 Å². The number of rotatable bonds is 2. The van der Waals surface area contributed by atoms with Crippen LogP contribution in [0.5, 0.6) is 0 Å².